The molecule has 0 unspecified atom stereocenters. The molecule has 0 fully saturated rings. The lowest BCUT2D eigenvalue weighted by atomic mass is 10.0. The first-order chi connectivity index (χ1) is 9.65. The van der Waals surface area contributed by atoms with Gasteiger partial charge in [0.2, 0.25) is 5.91 Å². The van der Waals surface area contributed by atoms with Gasteiger partial charge in [-0.15, -0.1) is 22.9 Å². The van der Waals surface area contributed by atoms with Crippen LogP contribution in [0.25, 0.3) is 11.1 Å². The number of nitriles is 1. The number of amides is 1. The van der Waals surface area contributed by atoms with Gasteiger partial charge in [0.15, 0.2) is 0 Å². The molecule has 1 amide bonds. The van der Waals surface area contributed by atoms with Crippen molar-refractivity contribution < 1.29 is 4.79 Å². The third-order valence-electron chi connectivity index (χ3n) is 2.73. The van der Waals surface area contributed by atoms with Crippen molar-refractivity contribution >= 4 is 39.5 Å². The van der Waals surface area contributed by atoms with Crippen LogP contribution in [0.4, 0.5) is 10.7 Å². The Labute approximate surface area is 125 Å². The van der Waals surface area contributed by atoms with E-state index in [-0.39, 0.29) is 12.3 Å². The van der Waals surface area contributed by atoms with E-state index in [4.69, 9.17) is 22.6 Å². The molecule has 6 heteroatoms. The predicted molar refractivity (Wildman–Crippen MR) is 82.8 cm³/mol. The number of anilines is 2. The molecule has 102 valence electrons. The Balaban J connectivity index is 2.20. The van der Waals surface area contributed by atoms with Gasteiger partial charge in [-0.05, 0) is 17.7 Å². The highest BCUT2D eigenvalue weighted by atomic mass is 35.5. The highest BCUT2D eigenvalue weighted by Crippen LogP contribution is 2.33. The number of nitrogen functional groups attached to an aromatic ring is 1. The zero-order valence-electron chi connectivity index (χ0n) is 10.5. The van der Waals surface area contributed by atoms with E-state index < -0.39 is 0 Å². The van der Waals surface area contributed by atoms with Crippen molar-refractivity contribution in [3.63, 3.8) is 0 Å². The van der Waals surface area contributed by atoms with Gasteiger partial charge in [0.25, 0.3) is 0 Å². The maximum atomic E-state index is 11.4. The molecule has 0 aliphatic heterocycles. The second-order valence-corrected chi connectivity index (χ2v) is 5.35. The minimum absolute atomic E-state index is 0.120. The molecule has 1 aromatic heterocycles. The fraction of sp³-hybridized carbons (Fsp3) is 0.143. The van der Waals surface area contributed by atoms with Crippen molar-refractivity contribution in [2.24, 2.45) is 0 Å². The SMILES string of the molecule is N#Cc1c(-c2ccc(NC(=O)CCCl)cc2)csc1N. The van der Waals surface area contributed by atoms with E-state index in [9.17, 15) is 4.79 Å². The summed E-state index contributed by atoms with van der Waals surface area (Å²) in [6, 6.07) is 9.38. The van der Waals surface area contributed by atoms with Crippen LogP contribution in [0.1, 0.15) is 12.0 Å². The summed E-state index contributed by atoms with van der Waals surface area (Å²) in [7, 11) is 0. The molecule has 0 saturated heterocycles. The average molecular weight is 306 g/mol. The van der Waals surface area contributed by atoms with Crippen LogP contribution < -0.4 is 11.1 Å². The molecule has 4 nitrogen and oxygen atoms in total. The van der Waals surface area contributed by atoms with Crippen molar-refractivity contribution in [3.05, 3.63) is 35.2 Å². The summed E-state index contributed by atoms with van der Waals surface area (Å²) in [6.45, 7) is 0. The lowest BCUT2D eigenvalue weighted by molar-refractivity contribution is -0.115. The van der Waals surface area contributed by atoms with Crippen LogP contribution >= 0.6 is 22.9 Å². The molecular formula is C14H12ClN3OS. The Morgan fingerprint density at radius 2 is 2.10 bits per heavy atom. The number of rotatable bonds is 4. The second kappa shape index (κ2) is 6.42. The molecule has 0 bridgehead atoms. The maximum absolute atomic E-state index is 11.4. The van der Waals surface area contributed by atoms with Gasteiger partial charge >= 0.3 is 0 Å². The predicted octanol–water partition coefficient (Wildman–Crippen LogP) is 3.44. The fourth-order valence-electron chi connectivity index (χ4n) is 1.74. The zero-order chi connectivity index (χ0) is 14.5. The molecule has 0 radical (unpaired) electrons. The molecule has 1 heterocycles. The first-order valence-corrected chi connectivity index (χ1v) is 7.30. The first-order valence-electron chi connectivity index (χ1n) is 5.89. The van der Waals surface area contributed by atoms with Crippen LogP contribution in [0.3, 0.4) is 0 Å². The fourth-order valence-corrected chi connectivity index (χ4v) is 2.69. The lowest BCUT2D eigenvalue weighted by Crippen LogP contribution is -2.11. The number of halogens is 1. The summed E-state index contributed by atoms with van der Waals surface area (Å²) in [5, 5.41) is 14.2. The zero-order valence-corrected chi connectivity index (χ0v) is 12.1. The molecule has 1 aromatic carbocycles. The van der Waals surface area contributed by atoms with E-state index in [1.165, 1.54) is 11.3 Å². The van der Waals surface area contributed by atoms with Gasteiger partial charge in [-0.1, -0.05) is 12.1 Å². The second-order valence-electron chi connectivity index (χ2n) is 4.06. The standard InChI is InChI=1S/C14H12ClN3OS/c15-6-5-13(19)18-10-3-1-9(2-4-10)12-8-20-14(17)11(12)7-16/h1-4,8H,5-6,17H2,(H,18,19). The summed E-state index contributed by atoms with van der Waals surface area (Å²) in [6.07, 6.45) is 0.281. The van der Waals surface area contributed by atoms with Gasteiger partial charge in [-0.2, -0.15) is 5.26 Å². The Hall–Kier alpha value is -2.03. The van der Waals surface area contributed by atoms with E-state index in [1.54, 1.807) is 12.1 Å². The van der Waals surface area contributed by atoms with Crippen molar-refractivity contribution in [1.82, 2.24) is 0 Å². The van der Waals surface area contributed by atoms with Crippen LogP contribution in [0.2, 0.25) is 0 Å². The number of nitrogens with one attached hydrogen (secondary N) is 1. The number of alkyl halides is 1. The van der Waals surface area contributed by atoms with Crippen molar-refractivity contribution in [2.75, 3.05) is 16.9 Å². The van der Waals surface area contributed by atoms with Crippen molar-refractivity contribution in [1.29, 1.82) is 5.26 Å². The molecule has 20 heavy (non-hydrogen) atoms. The molecular weight excluding hydrogens is 294 g/mol. The van der Waals surface area contributed by atoms with Crippen LogP contribution in [0.5, 0.6) is 0 Å². The summed E-state index contributed by atoms with van der Waals surface area (Å²) in [4.78, 5) is 11.4. The highest BCUT2D eigenvalue weighted by Gasteiger charge is 2.10. The normalized spacial score (nSPS) is 10.0. The summed E-state index contributed by atoms with van der Waals surface area (Å²) in [5.41, 5.74) is 8.65. The summed E-state index contributed by atoms with van der Waals surface area (Å²) in [5.74, 6) is 0.175. The van der Waals surface area contributed by atoms with E-state index >= 15 is 0 Å². The number of benzene rings is 1. The van der Waals surface area contributed by atoms with E-state index in [0.29, 0.717) is 22.1 Å². The third-order valence-corrected chi connectivity index (χ3v) is 3.73. The molecule has 0 saturated carbocycles. The maximum Gasteiger partial charge on any atom is 0.225 e. The number of carbonyl (C=O) groups excluding carboxylic acids is 1. The number of carbonyl (C=O) groups is 1. The minimum atomic E-state index is -0.120. The number of hydrogen-bond donors (Lipinski definition) is 2. The molecule has 0 aliphatic rings. The van der Waals surface area contributed by atoms with Gasteiger partial charge in [-0.25, -0.2) is 0 Å². The molecule has 3 N–H and O–H groups in total. The first kappa shape index (κ1) is 14.4. The topological polar surface area (TPSA) is 78.9 Å². The molecule has 2 rings (SSSR count). The lowest BCUT2D eigenvalue weighted by Gasteiger charge is -2.05. The molecule has 0 aliphatic carbocycles. The van der Waals surface area contributed by atoms with Crippen LogP contribution in [-0.2, 0) is 4.79 Å². The molecule has 2 aromatic rings. The van der Waals surface area contributed by atoms with Crippen LogP contribution in [0.15, 0.2) is 29.6 Å². The third kappa shape index (κ3) is 3.10. The molecule has 0 atom stereocenters. The largest absolute Gasteiger partial charge is 0.389 e. The van der Waals surface area contributed by atoms with Crippen molar-refractivity contribution in [3.8, 4) is 17.2 Å². The Morgan fingerprint density at radius 3 is 2.70 bits per heavy atom. The van der Waals surface area contributed by atoms with Crippen LogP contribution in [0, 0.1) is 11.3 Å². The number of nitrogens with zero attached hydrogens (tertiary/aromatic N) is 1. The average Bonchev–Trinajstić information content (AvgIpc) is 2.81. The Morgan fingerprint density at radius 1 is 1.40 bits per heavy atom. The monoisotopic (exact) mass is 305 g/mol. The number of thiophene rings is 1. The number of nitrogens with two attached hydrogens (primary N) is 1. The summed E-state index contributed by atoms with van der Waals surface area (Å²) < 4.78 is 0. The van der Waals surface area contributed by atoms with Gasteiger partial charge < -0.3 is 11.1 Å². The Bertz CT molecular complexity index is 658. The van der Waals surface area contributed by atoms with Gasteiger partial charge in [0.05, 0.1) is 5.56 Å². The summed E-state index contributed by atoms with van der Waals surface area (Å²) >= 11 is 6.84. The van der Waals surface area contributed by atoms with E-state index in [2.05, 4.69) is 11.4 Å². The van der Waals surface area contributed by atoms with Crippen molar-refractivity contribution in [2.45, 2.75) is 6.42 Å². The highest BCUT2D eigenvalue weighted by molar-refractivity contribution is 7.14. The van der Waals surface area contributed by atoms with E-state index in [0.717, 1.165) is 11.1 Å². The van der Waals surface area contributed by atoms with Gasteiger partial charge in [0, 0.05) is 28.9 Å². The smallest absolute Gasteiger partial charge is 0.225 e. The Kier molecular flexibility index (Phi) is 4.61. The minimum Gasteiger partial charge on any atom is -0.389 e. The quantitative estimate of drug-likeness (QED) is 0.849. The van der Waals surface area contributed by atoms with Gasteiger partial charge in [-0.3, -0.25) is 4.79 Å². The van der Waals surface area contributed by atoms with Gasteiger partial charge in [0.1, 0.15) is 11.1 Å². The molecule has 0 spiro atoms. The van der Waals surface area contributed by atoms with E-state index in [1.807, 2.05) is 17.5 Å². The van der Waals surface area contributed by atoms with Crippen LogP contribution in [-0.4, -0.2) is 11.8 Å². The number of hydrogen-bond acceptors (Lipinski definition) is 4.